The van der Waals surface area contributed by atoms with Crippen LogP contribution < -0.4 is 4.90 Å². The van der Waals surface area contributed by atoms with Crippen molar-refractivity contribution in [2.24, 2.45) is 5.92 Å². The quantitative estimate of drug-likeness (QED) is 0.466. The van der Waals surface area contributed by atoms with E-state index in [1.165, 1.54) is 9.87 Å². The number of benzene rings is 2. The fourth-order valence-corrected chi connectivity index (χ4v) is 7.15. The van der Waals surface area contributed by atoms with Crippen molar-refractivity contribution >= 4 is 33.8 Å². The topological polar surface area (TPSA) is 83.7 Å². The monoisotopic (exact) mass is 519 g/mol. The molecule has 0 aliphatic carbocycles. The highest BCUT2D eigenvalue weighted by Gasteiger charge is 2.38. The van der Waals surface area contributed by atoms with Crippen LogP contribution in [0, 0.1) is 26.7 Å². The van der Waals surface area contributed by atoms with Gasteiger partial charge in [-0.25, -0.2) is 8.42 Å². The molecule has 1 fully saturated rings. The SMILES string of the molecule is Cc1ccc(C)c(/C=C/c2onc(C)c2S(=O)(=O)N2CCC[C@H](C(=O)N3CCCc4ccccc43)C2)c1. The molecule has 0 radical (unpaired) electrons. The van der Waals surface area contributed by atoms with Gasteiger partial charge in [0, 0.05) is 25.3 Å². The summed E-state index contributed by atoms with van der Waals surface area (Å²) in [6.45, 7) is 6.86. The molecule has 2 aliphatic heterocycles. The molecule has 0 N–H and O–H groups in total. The van der Waals surface area contributed by atoms with E-state index >= 15 is 0 Å². The van der Waals surface area contributed by atoms with Gasteiger partial charge >= 0.3 is 0 Å². The zero-order chi connectivity index (χ0) is 26.2. The molecule has 194 valence electrons. The van der Waals surface area contributed by atoms with E-state index < -0.39 is 10.0 Å². The maximum absolute atomic E-state index is 13.8. The fourth-order valence-electron chi connectivity index (χ4n) is 5.38. The number of nitrogens with zero attached hydrogens (tertiary/aromatic N) is 3. The number of para-hydroxylation sites is 1. The maximum atomic E-state index is 13.8. The average Bonchev–Trinajstić information content (AvgIpc) is 3.29. The van der Waals surface area contributed by atoms with E-state index in [1.807, 2.05) is 61.2 Å². The van der Waals surface area contributed by atoms with Gasteiger partial charge < -0.3 is 9.42 Å². The Balaban J connectivity index is 1.39. The van der Waals surface area contributed by atoms with Crippen LogP contribution in [0.1, 0.15) is 53.0 Å². The van der Waals surface area contributed by atoms with Crippen LogP contribution in [0.2, 0.25) is 0 Å². The lowest BCUT2D eigenvalue weighted by molar-refractivity contribution is -0.123. The summed E-state index contributed by atoms with van der Waals surface area (Å²) in [5, 5.41) is 3.98. The molecule has 2 aromatic carbocycles. The first-order valence-corrected chi connectivity index (χ1v) is 14.3. The van der Waals surface area contributed by atoms with E-state index in [4.69, 9.17) is 4.52 Å². The second-order valence-corrected chi connectivity index (χ2v) is 12.0. The molecule has 3 heterocycles. The van der Waals surface area contributed by atoms with Crippen molar-refractivity contribution in [3.8, 4) is 0 Å². The zero-order valence-corrected chi connectivity index (χ0v) is 22.4. The maximum Gasteiger partial charge on any atom is 0.248 e. The minimum absolute atomic E-state index is 0.00383. The molecular weight excluding hydrogens is 486 g/mol. The first kappa shape index (κ1) is 25.4. The molecule has 2 aliphatic rings. The molecule has 1 saturated heterocycles. The van der Waals surface area contributed by atoms with Crippen LogP contribution in [0.5, 0.6) is 0 Å². The summed E-state index contributed by atoms with van der Waals surface area (Å²) >= 11 is 0. The lowest BCUT2D eigenvalue weighted by atomic mass is 9.95. The van der Waals surface area contributed by atoms with Crippen molar-refractivity contribution in [2.75, 3.05) is 24.5 Å². The highest BCUT2D eigenvalue weighted by molar-refractivity contribution is 7.89. The Morgan fingerprint density at radius 2 is 1.86 bits per heavy atom. The summed E-state index contributed by atoms with van der Waals surface area (Å²) < 4.78 is 34.6. The van der Waals surface area contributed by atoms with Gasteiger partial charge in [-0.2, -0.15) is 4.31 Å². The Kier molecular flexibility index (Phi) is 7.05. The molecule has 3 aromatic rings. The molecule has 0 bridgehead atoms. The number of amides is 1. The van der Waals surface area contributed by atoms with Crippen LogP contribution in [-0.4, -0.2) is 43.4 Å². The van der Waals surface area contributed by atoms with E-state index in [0.717, 1.165) is 35.2 Å². The number of fused-ring (bicyclic) bond motifs is 1. The van der Waals surface area contributed by atoms with Crippen molar-refractivity contribution < 1.29 is 17.7 Å². The number of anilines is 1. The van der Waals surface area contributed by atoms with Gasteiger partial charge in [-0.15, -0.1) is 0 Å². The number of aromatic nitrogens is 1. The van der Waals surface area contributed by atoms with Crippen molar-refractivity contribution in [1.29, 1.82) is 0 Å². The molecule has 1 amide bonds. The number of carbonyl (C=O) groups is 1. The van der Waals surface area contributed by atoms with Crippen LogP contribution in [0.15, 0.2) is 51.9 Å². The Hall–Kier alpha value is -3.23. The van der Waals surface area contributed by atoms with Gasteiger partial charge in [-0.1, -0.05) is 53.2 Å². The van der Waals surface area contributed by atoms with Crippen LogP contribution in [-0.2, 0) is 21.2 Å². The Morgan fingerprint density at radius 3 is 2.70 bits per heavy atom. The lowest BCUT2D eigenvalue weighted by Crippen LogP contribution is -2.48. The standard InChI is InChI=1S/C29H33N3O4S/c1-20-12-13-21(2)24(18-20)14-15-27-28(22(3)30-36-27)37(34,35)31-16-6-10-25(19-31)29(33)32-17-7-9-23-8-4-5-11-26(23)32/h4-5,8,11-15,18,25H,6-7,9-10,16-17,19H2,1-3H3/b15-14+/t25-/m0/s1. The smallest absolute Gasteiger partial charge is 0.248 e. The third-order valence-corrected chi connectivity index (χ3v) is 9.41. The summed E-state index contributed by atoms with van der Waals surface area (Å²) in [5.41, 5.74) is 5.63. The van der Waals surface area contributed by atoms with Crippen LogP contribution in [0.25, 0.3) is 12.2 Å². The van der Waals surface area contributed by atoms with Crippen LogP contribution in [0.4, 0.5) is 5.69 Å². The third-order valence-electron chi connectivity index (χ3n) is 7.39. The highest BCUT2D eigenvalue weighted by Crippen LogP contribution is 2.33. The van der Waals surface area contributed by atoms with Gasteiger partial charge in [-0.3, -0.25) is 4.79 Å². The van der Waals surface area contributed by atoms with Crippen molar-refractivity contribution in [1.82, 2.24) is 9.46 Å². The van der Waals surface area contributed by atoms with E-state index in [2.05, 4.69) is 11.2 Å². The van der Waals surface area contributed by atoms with Gasteiger partial charge in [0.05, 0.1) is 5.92 Å². The first-order valence-electron chi connectivity index (χ1n) is 12.9. The molecule has 1 atom stereocenters. The summed E-state index contributed by atoms with van der Waals surface area (Å²) in [5.74, 6) is -0.176. The second-order valence-electron chi connectivity index (χ2n) is 10.1. The molecule has 37 heavy (non-hydrogen) atoms. The van der Waals surface area contributed by atoms with E-state index in [1.54, 1.807) is 13.0 Å². The van der Waals surface area contributed by atoms with Crippen LogP contribution >= 0.6 is 0 Å². The highest BCUT2D eigenvalue weighted by atomic mass is 32.2. The van der Waals surface area contributed by atoms with Crippen molar-refractivity contribution in [3.63, 3.8) is 0 Å². The number of sulfonamides is 1. The molecular formula is C29H33N3O4S. The van der Waals surface area contributed by atoms with Gasteiger partial charge in [0.15, 0.2) is 10.7 Å². The number of hydrogen-bond acceptors (Lipinski definition) is 5. The summed E-state index contributed by atoms with van der Waals surface area (Å²) in [4.78, 5) is 15.5. The molecule has 1 aromatic heterocycles. The molecule has 7 nitrogen and oxygen atoms in total. The molecule has 0 saturated carbocycles. The van der Waals surface area contributed by atoms with Gasteiger partial charge in [0.25, 0.3) is 0 Å². The fraction of sp³-hybridized carbons (Fsp3) is 0.379. The van der Waals surface area contributed by atoms with E-state index in [-0.39, 0.29) is 29.0 Å². The Bertz CT molecular complexity index is 1460. The first-order chi connectivity index (χ1) is 17.8. The zero-order valence-electron chi connectivity index (χ0n) is 21.6. The number of piperidine rings is 1. The Morgan fingerprint density at radius 1 is 1.05 bits per heavy atom. The molecule has 0 spiro atoms. The molecule has 0 unspecified atom stereocenters. The minimum atomic E-state index is -3.91. The summed E-state index contributed by atoms with van der Waals surface area (Å²) in [6.07, 6.45) is 6.70. The van der Waals surface area contributed by atoms with Gasteiger partial charge in [-0.05, 0) is 75.3 Å². The van der Waals surface area contributed by atoms with Crippen molar-refractivity contribution in [2.45, 2.75) is 51.3 Å². The minimum Gasteiger partial charge on any atom is -0.355 e. The lowest BCUT2D eigenvalue weighted by Gasteiger charge is -2.36. The second kappa shape index (κ2) is 10.3. The summed E-state index contributed by atoms with van der Waals surface area (Å²) in [6, 6.07) is 14.1. The summed E-state index contributed by atoms with van der Waals surface area (Å²) in [7, 11) is -3.91. The normalized spacial score (nSPS) is 18.8. The third kappa shape index (κ3) is 5.00. The molecule has 8 heteroatoms. The predicted molar refractivity (Wildman–Crippen MR) is 145 cm³/mol. The van der Waals surface area contributed by atoms with Gasteiger partial charge in [0.1, 0.15) is 5.69 Å². The van der Waals surface area contributed by atoms with Crippen molar-refractivity contribution in [3.05, 3.63) is 76.2 Å². The number of rotatable bonds is 5. The Labute approximate surface area is 218 Å². The number of hydrogen-bond donors (Lipinski definition) is 0. The van der Waals surface area contributed by atoms with Crippen LogP contribution in [0.3, 0.4) is 0 Å². The average molecular weight is 520 g/mol. The van der Waals surface area contributed by atoms with Gasteiger partial charge in [0.2, 0.25) is 15.9 Å². The van der Waals surface area contributed by atoms with E-state index in [9.17, 15) is 13.2 Å². The number of aryl methyl sites for hydroxylation is 4. The predicted octanol–water partition coefficient (Wildman–Crippen LogP) is 5.15. The largest absolute Gasteiger partial charge is 0.355 e. The molecule has 5 rings (SSSR count). The van der Waals surface area contributed by atoms with E-state index in [0.29, 0.717) is 31.6 Å². The number of carbonyl (C=O) groups excluding carboxylic acids is 1.